The summed E-state index contributed by atoms with van der Waals surface area (Å²) >= 11 is 0. The molecule has 3 heteroatoms. The average Bonchev–Trinajstić information content (AvgIpc) is 2.71. The maximum atomic E-state index is 5.94. The van der Waals surface area contributed by atoms with Crippen molar-refractivity contribution in [3.8, 4) is 11.1 Å². The molecule has 0 aliphatic carbocycles. The molecule has 0 amide bonds. The quantitative estimate of drug-likeness (QED) is 0.897. The van der Waals surface area contributed by atoms with Crippen LogP contribution >= 0.6 is 0 Å². The van der Waals surface area contributed by atoms with Gasteiger partial charge in [-0.2, -0.15) is 0 Å². The maximum Gasteiger partial charge on any atom is 0.230 e. The molecule has 1 aromatic carbocycles. The van der Waals surface area contributed by atoms with Crippen LogP contribution in [0.25, 0.3) is 11.1 Å². The first-order valence-electron chi connectivity index (χ1n) is 6.80. The van der Waals surface area contributed by atoms with Crippen LogP contribution in [0.15, 0.2) is 22.7 Å². The van der Waals surface area contributed by atoms with Crippen molar-refractivity contribution in [2.24, 2.45) is 5.92 Å². The van der Waals surface area contributed by atoms with Crippen molar-refractivity contribution in [3.63, 3.8) is 0 Å². The molecule has 0 aliphatic heterocycles. The molecule has 0 spiro atoms. The molecular weight excluding hydrogens is 236 g/mol. The molecule has 0 saturated heterocycles. The summed E-state index contributed by atoms with van der Waals surface area (Å²) in [5.74, 6) is 1.06. The fourth-order valence-electron chi connectivity index (χ4n) is 2.14. The Morgan fingerprint density at radius 3 is 2.58 bits per heavy atom. The van der Waals surface area contributed by atoms with Gasteiger partial charge in [-0.25, -0.2) is 0 Å². The lowest BCUT2D eigenvalue weighted by molar-refractivity contribution is 0.423. The van der Waals surface area contributed by atoms with Gasteiger partial charge in [-0.15, -0.1) is 0 Å². The third kappa shape index (κ3) is 2.98. The van der Waals surface area contributed by atoms with Crippen molar-refractivity contribution < 1.29 is 4.52 Å². The van der Waals surface area contributed by atoms with Crippen LogP contribution in [0.2, 0.25) is 0 Å². The van der Waals surface area contributed by atoms with Crippen LogP contribution < -0.4 is 5.73 Å². The molecular formula is C16H22N2O. The van der Waals surface area contributed by atoms with E-state index >= 15 is 0 Å². The van der Waals surface area contributed by atoms with Crippen LogP contribution in [-0.2, 0) is 6.42 Å². The molecule has 102 valence electrons. The summed E-state index contributed by atoms with van der Waals surface area (Å²) < 4.78 is 5.18. The largest absolute Gasteiger partial charge is 0.367 e. The summed E-state index contributed by atoms with van der Waals surface area (Å²) in [5.41, 5.74) is 11.5. The number of hydrogen-bond donors (Lipinski definition) is 1. The molecule has 0 atom stereocenters. The Morgan fingerprint density at radius 1 is 1.21 bits per heavy atom. The highest BCUT2D eigenvalue weighted by Gasteiger charge is 2.16. The molecule has 0 saturated carbocycles. The van der Waals surface area contributed by atoms with Gasteiger partial charge in [0, 0.05) is 0 Å². The lowest BCUT2D eigenvalue weighted by Gasteiger charge is -2.07. The summed E-state index contributed by atoms with van der Waals surface area (Å²) in [7, 11) is 0. The number of aromatic nitrogens is 1. The van der Waals surface area contributed by atoms with Crippen molar-refractivity contribution >= 4 is 5.88 Å². The zero-order valence-electron chi connectivity index (χ0n) is 12.2. The second kappa shape index (κ2) is 5.47. The van der Waals surface area contributed by atoms with E-state index in [9.17, 15) is 0 Å². The topological polar surface area (TPSA) is 52.0 Å². The third-order valence-electron chi connectivity index (χ3n) is 3.54. The van der Waals surface area contributed by atoms with E-state index in [1.807, 2.05) is 0 Å². The first-order valence-corrected chi connectivity index (χ1v) is 6.80. The molecule has 0 bridgehead atoms. The highest BCUT2D eigenvalue weighted by Crippen LogP contribution is 2.32. The Labute approximate surface area is 114 Å². The van der Waals surface area contributed by atoms with Crippen LogP contribution in [0, 0.1) is 19.8 Å². The number of aryl methyl sites for hydroxylation is 3. The minimum Gasteiger partial charge on any atom is -0.367 e. The predicted octanol–water partition coefficient (Wildman–Crippen LogP) is 4.13. The van der Waals surface area contributed by atoms with Gasteiger partial charge >= 0.3 is 0 Å². The monoisotopic (exact) mass is 258 g/mol. The summed E-state index contributed by atoms with van der Waals surface area (Å²) in [6, 6.07) is 6.35. The Balaban J connectivity index is 2.37. The van der Waals surface area contributed by atoms with E-state index in [0.717, 1.165) is 29.7 Å². The summed E-state index contributed by atoms with van der Waals surface area (Å²) in [6.07, 6.45) is 1.99. The predicted molar refractivity (Wildman–Crippen MR) is 79.0 cm³/mol. The van der Waals surface area contributed by atoms with Crippen molar-refractivity contribution in [3.05, 3.63) is 35.0 Å². The molecule has 1 aromatic heterocycles. The number of nitrogen functional groups attached to an aromatic ring is 1. The summed E-state index contributed by atoms with van der Waals surface area (Å²) in [6.45, 7) is 8.63. The highest BCUT2D eigenvalue weighted by molar-refractivity contribution is 5.75. The van der Waals surface area contributed by atoms with Gasteiger partial charge in [0.1, 0.15) is 0 Å². The van der Waals surface area contributed by atoms with Crippen molar-refractivity contribution in [2.75, 3.05) is 5.73 Å². The van der Waals surface area contributed by atoms with E-state index < -0.39 is 0 Å². The van der Waals surface area contributed by atoms with Crippen LogP contribution in [0.5, 0.6) is 0 Å². The Morgan fingerprint density at radius 2 is 1.95 bits per heavy atom. The van der Waals surface area contributed by atoms with Gasteiger partial charge in [0.05, 0.1) is 11.3 Å². The summed E-state index contributed by atoms with van der Waals surface area (Å²) in [4.78, 5) is 0. The molecule has 3 nitrogen and oxygen atoms in total. The lowest BCUT2D eigenvalue weighted by atomic mass is 9.97. The minimum absolute atomic E-state index is 0.419. The molecule has 0 aliphatic rings. The van der Waals surface area contributed by atoms with E-state index in [2.05, 4.69) is 51.1 Å². The number of nitrogens with two attached hydrogens (primary N) is 1. The molecule has 0 radical (unpaired) electrons. The smallest absolute Gasteiger partial charge is 0.230 e. The van der Waals surface area contributed by atoms with Crippen molar-refractivity contribution in [1.82, 2.24) is 5.16 Å². The number of anilines is 1. The number of benzene rings is 1. The number of hydrogen-bond acceptors (Lipinski definition) is 3. The number of nitrogens with zero attached hydrogens (tertiary/aromatic N) is 1. The molecule has 2 N–H and O–H groups in total. The maximum absolute atomic E-state index is 5.94. The van der Waals surface area contributed by atoms with Crippen LogP contribution in [0.1, 0.15) is 37.1 Å². The number of rotatable bonds is 4. The minimum atomic E-state index is 0.419. The van der Waals surface area contributed by atoms with Crippen LogP contribution in [0.3, 0.4) is 0 Å². The second-order valence-corrected chi connectivity index (χ2v) is 5.60. The fraction of sp³-hybridized carbons (Fsp3) is 0.438. The van der Waals surface area contributed by atoms with Gasteiger partial charge < -0.3 is 10.3 Å². The van der Waals surface area contributed by atoms with Gasteiger partial charge in [-0.05, 0) is 49.3 Å². The lowest BCUT2D eigenvalue weighted by Crippen LogP contribution is -1.96. The summed E-state index contributed by atoms with van der Waals surface area (Å²) in [5, 5.41) is 4.12. The standard InChI is InChI=1S/C16H22N2O/c1-10(2)5-8-14-15(16(17)19-18-14)13-7-6-11(3)12(4)9-13/h6-7,9-10H,5,8,17H2,1-4H3. The average molecular weight is 258 g/mol. The van der Waals surface area contributed by atoms with E-state index in [4.69, 9.17) is 10.3 Å². The second-order valence-electron chi connectivity index (χ2n) is 5.60. The third-order valence-corrected chi connectivity index (χ3v) is 3.54. The molecule has 19 heavy (non-hydrogen) atoms. The van der Waals surface area contributed by atoms with Gasteiger partial charge in [-0.3, -0.25) is 0 Å². The molecule has 2 aromatic rings. The Bertz CT molecular complexity index is 570. The molecule has 0 unspecified atom stereocenters. The van der Waals surface area contributed by atoms with E-state index in [-0.39, 0.29) is 0 Å². The van der Waals surface area contributed by atoms with Gasteiger partial charge in [-0.1, -0.05) is 37.2 Å². The fourth-order valence-corrected chi connectivity index (χ4v) is 2.14. The first-order chi connectivity index (χ1) is 8.99. The van der Waals surface area contributed by atoms with Gasteiger partial charge in [0.15, 0.2) is 0 Å². The zero-order chi connectivity index (χ0) is 14.0. The highest BCUT2D eigenvalue weighted by atomic mass is 16.5. The Hall–Kier alpha value is -1.77. The first kappa shape index (κ1) is 13.7. The van der Waals surface area contributed by atoms with E-state index in [1.54, 1.807) is 0 Å². The van der Waals surface area contributed by atoms with Gasteiger partial charge in [0.2, 0.25) is 5.88 Å². The molecule has 0 fully saturated rings. The normalized spacial score (nSPS) is 11.2. The Kier molecular flexibility index (Phi) is 3.93. The zero-order valence-corrected chi connectivity index (χ0v) is 12.2. The molecule has 2 rings (SSSR count). The molecule has 1 heterocycles. The SMILES string of the molecule is Cc1ccc(-c2c(CCC(C)C)noc2N)cc1C. The van der Waals surface area contributed by atoms with Gasteiger partial charge in [0.25, 0.3) is 0 Å². The van der Waals surface area contributed by atoms with Crippen molar-refractivity contribution in [2.45, 2.75) is 40.5 Å². The van der Waals surface area contributed by atoms with Crippen molar-refractivity contribution in [1.29, 1.82) is 0 Å². The van der Waals surface area contributed by atoms with Crippen LogP contribution in [-0.4, -0.2) is 5.16 Å². The van der Waals surface area contributed by atoms with Crippen LogP contribution in [0.4, 0.5) is 5.88 Å². The van der Waals surface area contributed by atoms with E-state index in [1.165, 1.54) is 11.1 Å². The van der Waals surface area contributed by atoms with E-state index in [0.29, 0.717) is 11.8 Å².